The Kier molecular flexibility index (Phi) is 5.02. The summed E-state index contributed by atoms with van der Waals surface area (Å²) >= 11 is 1.71. The highest BCUT2D eigenvalue weighted by Gasteiger charge is 2.22. The molecule has 1 aromatic carbocycles. The van der Waals surface area contributed by atoms with E-state index in [4.69, 9.17) is 0 Å². The van der Waals surface area contributed by atoms with Crippen LogP contribution < -0.4 is 5.32 Å². The SMILES string of the molecule is CNC1CCN(C(=O)c2ccc3sccc3c2)CC1.Cl. The number of likely N-dealkylation sites (tertiary alicyclic amines) is 1. The average molecular weight is 311 g/mol. The summed E-state index contributed by atoms with van der Waals surface area (Å²) in [6.45, 7) is 1.71. The topological polar surface area (TPSA) is 32.3 Å². The number of amides is 1. The molecule has 3 nitrogen and oxygen atoms in total. The van der Waals surface area contributed by atoms with Crippen molar-refractivity contribution in [2.45, 2.75) is 18.9 Å². The van der Waals surface area contributed by atoms with Crippen LogP contribution in [0.2, 0.25) is 0 Å². The van der Waals surface area contributed by atoms with Crippen molar-refractivity contribution in [3.05, 3.63) is 35.2 Å². The fourth-order valence-corrected chi connectivity index (χ4v) is 3.42. The number of rotatable bonds is 2. The van der Waals surface area contributed by atoms with Crippen molar-refractivity contribution >= 4 is 39.7 Å². The summed E-state index contributed by atoms with van der Waals surface area (Å²) in [5.74, 6) is 0.169. The van der Waals surface area contributed by atoms with Crippen molar-refractivity contribution in [2.24, 2.45) is 0 Å². The Labute approximate surface area is 129 Å². The van der Waals surface area contributed by atoms with E-state index in [1.54, 1.807) is 11.3 Å². The molecule has 0 atom stereocenters. The quantitative estimate of drug-likeness (QED) is 0.924. The average Bonchev–Trinajstić information content (AvgIpc) is 2.94. The molecule has 1 aliphatic rings. The molecule has 0 spiro atoms. The van der Waals surface area contributed by atoms with E-state index in [2.05, 4.69) is 16.8 Å². The van der Waals surface area contributed by atoms with Crippen LogP contribution >= 0.6 is 23.7 Å². The number of halogens is 1. The molecule has 3 rings (SSSR count). The summed E-state index contributed by atoms with van der Waals surface area (Å²) in [6, 6.07) is 8.64. The van der Waals surface area contributed by atoms with Gasteiger partial charge in [-0.15, -0.1) is 23.7 Å². The summed E-state index contributed by atoms with van der Waals surface area (Å²) in [5, 5.41) is 6.52. The van der Waals surface area contributed by atoms with Gasteiger partial charge in [0.2, 0.25) is 0 Å². The lowest BCUT2D eigenvalue weighted by Crippen LogP contribution is -2.43. The van der Waals surface area contributed by atoms with Gasteiger partial charge >= 0.3 is 0 Å². The fraction of sp³-hybridized carbons (Fsp3) is 0.400. The summed E-state index contributed by atoms with van der Waals surface area (Å²) in [7, 11) is 1.99. The monoisotopic (exact) mass is 310 g/mol. The highest BCUT2D eigenvalue weighted by molar-refractivity contribution is 7.17. The Morgan fingerprint density at radius 2 is 2.05 bits per heavy atom. The van der Waals surface area contributed by atoms with Gasteiger partial charge in [0.25, 0.3) is 5.91 Å². The first kappa shape index (κ1) is 15.3. The summed E-state index contributed by atoms with van der Waals surface area (Å²) < 4.78 is 1.24. The standard InChI is InChI=1S/C15H18N2OS.ClH/c1-16-13-4-7-17(8-5-13)15(18)12-2-3-14-11(10-12)6-9-19-14;/h2-3,6,9-10,13,16H,4-5,7-8H2,1H3;1H. The molecule has 20 heavy (non-hydrogen) atoms. The predicted molar refractivity (Wildman–Crippen MR) is 87.1 cm³/mol. The molecule has 1 amide bonds. The lowest BCUT2D eigenvalue weighted by molar-refractivity contribution is 0.0707. The molecule has 0 bridgehead atoms. The third kappa shape index (κ3) is 2.97. The van der Waals surface area contributed by atoms with Gasteiger partial charge in [-0.1, -0.05) is 0 Å². The van der Waals surface area contributed by atoms with Gasteiger partial charge in [-0.05, 0) is 54.9 Å². The van der Waals surface area contributed by atoms with Crippen LogP contribution in [0, 0.1) is 0 Å². The van der Waals surface area contributed by atoms with Crippen molar-refractivity contribution in [3.8, 4) is 0 Å². The molecular weight excluding hydrogens is 292 g/mol. The van der Waals surface area contributed by atoms with Crippen molar-refractivity contribution in [1.29, 1.82) is 0 Å². The number of hydrogen-bond donors (Lipinski definition) is 1. The molecule has 1 N–H and O–H groups in total. The summed E-state index contributed by atoms with van der Waals surface area (Å²) in [4.78, 5) is 14.4. The van der Waals surface area contributed by atoms with Crippen molar-refractivity contribution in [1.82, 2.24) is 10.2 Å². The molecule has 0 aliphatic carbocycles. The predicted octanol–water partition coefficient (Wildman–Crippen LogP) is 3.15. The Bertz CT molecular complexity index is 590. The highest BCUT2D eigenvalue weighted by Crippen LogP contribution is 2.23. The number of hydrogen-bond acceptors (Lipinski definition) is 3. The normalized spacial score (nSPS) is 16.1. The zero-order valence-electron chi connectivity index (χ0n) is 11.5. The lowest BCUT2D eigenvalue weighted by atomic mass is 10.0. The first-order valence-electron chi connectivity index (χ1n) is 6.72. The fourth-order valence-electron chi connectivity index (χ4n) is 2.65. The molecule has 1 fully saturated rings. The van der Waals surface area contributed by atoms with E-state index in [1.165, 1.54) is 10.1 Å². The van der Waals surface area contributed by atoms with Crippen LogP contribution in [0.3, 0.4) is 0 Å². The van der Waals surface area contributed by atoms with Gasteiger partial charge in [0, 0.05) is 29.4 Å². The van der Waals surface area contributed by atoms with Gasteiger partial charge in [-0.2, -0.15) is 0 Å². The Morgan fingerprint density at radius 1 is 1.30 bits per heavy atom. The van der Waals surface area contributed by atoms with E-state index in [0.717, 1.165) is 31.5 Å². The third-order valence-electron chi connectivity index (χ3n) is 3.89. The zero-order chi connectivity index (χ0) is 13.2. The number of carbonyl (C=O) groups excluding carboxylic acids is 1. The van der Waals surface area contributed by atoms with Crippen LogP contribution in [0.15, 0.2) is 29.6 Å². The number of benzene rings is 1. The van der Waals surface area contributed by atoms with E-state index in [9.17, 15) is 4.79 Å². The van der Waals surface area contributed by atoms with Crippen LogP contribution in [-0.2, 0) is 0 Å². The second-order valence-electron chi connectivity index (χ2n) is 5.03. The molecule has 0 radical (unpaired) electrons. The number of carbonyl (C=O) groups is 1. The van der Waals surface area contributed by atoms with E-state index in [1.807, 2.05) is 30.1 Å². The van der Waals surface area contributed by atoms with Crippen molar-refractivity contribution < 1.29 is 4.79 Å². The number of fused-ring (bicyclic) bond motifs is 1. The molecule has 0 saturated carbocycles. The molecule has 5 heteroatoms. The van der Waals surface area contributed by atoms with E-state index in [0.29, 0.717) is 6.04 Å². The van der Waals surface area contributed by atoms with Crippen LogP contribution in [0.4, 0.5) is 0 Å². The number of nitrogens with one attached hydrogen (secondary N) is 1. The molecule has 1 aliphatic heterocycles. The maximum Gasteiger partial charge on any atom is 0.253 e. The van der Waals surface area contributed by atoms with Gasteiger partial charge in [0.15, 0.2) is 0 Å². The summed E-state index contributed by atoms with van der Waals surface area (Å²) in [5.41, 5.74) is 0.814. The molecule has 108 valence electrons. The van der Waals surface area contributed by atoms with E-state index in [-0.39, 0.29) is 18.3 Å². The van der Waals surface area contributed by atoms with E-state index < -0.39 is 0 Å². The van der Waals surface area contributed by atoms with Gasteiger partial charge in [0.1, 0.15) is 0 Å². The third-order valence-corrected chi connectivity index (χ3v) is 4.79. The molecule has 1 saturated heterocycles. The zero-order valence-corrected chi connectivity index (χ0v) is 13.1. The second-order valence-corrected chi connectivity index (χ2v) is 5.98. The van der Waals surface area contributed by atoms with Crippen molar-refractivity contribution in [2.75, 3.05) is 20.1 Å². The molecule has 2 aromatic rings. The van der Waals surface area contributed by atoms with Crippen LogP contribution in [0.5, 0.6) is 0 Å². The van der Waals surface area contributed by atoms with Gasteiger partial charge < -0.3 is 10.2 Å². The maximum atomic E-state index is 12.5. The minimum absolute atomic E-state index is 0. The van der Waals surface area contributed by atoms with Gasteiger partial charge in [-0.25, -0.2) is 0 Å². The number of nitrogens with zero attached hydrogens (tertiary/aromatic N) is 1. The van der Waals surface area contributed by atoms with E-state index >= 15 is 0 Å². The van der Waals surface area contributed by atoms with Gasteiger partial charge in [0.05, 0.1) is 0 Å². The number of piperidine rings is 1. The highest BCUT2D eigenvalue weighted by atomic mass is 35.5. The smallest absolute Gasteiger partial charge is 0.253 e. The first-order valence-corrected chi connectivity index (χ1v) is 7.59. The van der Waals surface area contributed by atoms with Crippen LogP contribution in [-0.4, -0.2) is 37.0 Å². The van der Waals surface area contributed by atoms with Crippen molar-refractivity contribution in [3.63, 3.8) is 0 Å². The first-order chi connectivity index (χ1) is 9.28. The largest absolute Gasteiger partial charge is 0.339 e. The minimum atomic E-state index is 0. The molecule has 2 heterocycles. The van der Waals surface area contributed by atoms with Crippen LogP contribution in [0.25, 0.3) is 10.1 Å². The molecule has 1 aromatic heterocycles. The summed E-state index contributed by atoms with van der Waals surface area (Å²) in [6.07, 6.45) is 2.09. The minimum Gasteiger partial charge on any atom is -0.339 e. The van der Waals surface area contributed by atoms with Crippen LogP contribution in [0.1, 0.15) is 23.2 Å². The molecule has 0 unspecified atom stereocenters. The lowest BCUT2D eigenvalue weighted by Gasteiger charge is -2.31. The van der Waals surface area contributed by atoms with Gasteiger partial charge in [-0.3, -0.25) is 4.79 Å². The second kappa shape index (κ2) is 6.57. The Hall–Kier alpha value is -1.10. The maximum absolute atomic E-state index is 12.5. The Morgan fingerprint density at radius 3 is 2.75 bits per heavy atom. The number of thiophene rings is 1. The Balaban J connectivity index is 0.00000147. The molecular formula is C15H19ClN2OS.